The van der Waals surface area contributed by atoms with E-state index in [2.05, 4.69) is 29.3 Å². The van der Waals surface area contributed by atoms with Crippen molar-refractivity contribution in [2.75, 3.05) is 13.7 Å². The molecule has 1 N–H and O–H groups in total. The highest BCUT2D eigenvalue weighted by molar-refractivity contribution is 5.85. The fourth-order valence-electron chi connectivity index (χ4n) is 7.69. The quantitative estimate of drug-likeness (QED) is 0.0592. The van der Waals surface area contributed by atoms with Gasteiger partial charge in [-0.2, -0.15) is 20.8 Å². The highest BCUT2D eigenvalue weighted by atomic mass is 16.5. The average molecular weight is 947 g/mol. The highest BCUT2D eigenvalue weighted by Crippen LogP contribution is 2.27. The van der Waals surface area contributed by atoms with Crippen LogP contribution in [0.4, 0.5) is 5.69 Å². The van der Waals surface area contributed by atoms with E-state index >= 15 is 0 Å². The van der Waals surface area contributed by atoms with Crippen LogP contribution in [0.5, 0.6) is 0 Å². The summed E-state index contributed by atoms with van der Waals surface area (Å²) >= 11 is 0. The number of carboxylic acid groups (broad SMARTS) is 1. The van der Waals surface area contributed by atoms with Gasteiger partial charge in [0.25, 0.3) is 0 Å². The van der Waals surface area contributed by atoms with Crippen LogP contribution in [0.3, 0.4) is 0 Å². The van der Waals surface area contributed by atoms with Crippen LogP contribution in [0.1, 0.15) is 115 Å². The summed E-state index contributed by atoms with van der Waals surface area (Å²) in [6.45, 7) is 16.9. The van der Waals surface area contributed by atoms with E-state index < -0.39 is 24.0 Å². The lowest BCUT2D eigenvalue weighted by atomic mass is 9.98. The maximum absolute atomic E-state index is 12.9. The van der Waals surface area contributed by atoms with Crippen LogP contribution in [0.2, 0.25) is 0 Å². The summed E-state index contributed by atoms with van der Waals surface area (Å²) in [6, 6.07) is 41.1. The van der Waals surface area contributed by atoms with Crippen molar-refractivity contribution in [3.8, 4) is 34.4 Å². The summed E-state index contributed by atoms with van der Waals surface area (Å²) in [7, 11) is 1.36. The Kier molecular flexibility index (Phi) is 24.5. The number of carboxylic acids is 1. The zero-order valence-corrected chi connectivity index (χ0v) is 42.4. The first-order valence-corrected chi connectivity index (χ1v) is 24.1. The van der Waals surface area contributed by atoms with Crippen molar-refractivity contribution in [1.82, 2.24) is 9.80 Å². The molecule has 368 valence electrons. The molecular weight excluding hydrogens is 877 g/mol. The van der Waals surface area contributed by atoms with Gasteiger partial charge in [-0.15, -0.1) is 0 Å². The topological polar surface area (TPSA) is 177 Å². The van der Waals surface area contributed by atoms with Crippen molar-refractivity contribution in [1.29, 1.82) is 10.5 Å². The second kappa shape index (κ2) is 30.1. The van der Waals surface area contributed by atoms with E-state index in [9.17, 15) is 34.8 Å². The number of azo groups is 1. The minimum absolute atomic E-state index is 0.0418. The lowest BCUT2D eigenvalue weighted by Crippen LogP contribution is -2.48. The van der Waals surface area contributed by atoms with Gasteiger partial charge in [0, 0.05) is 25.9 Å². The molecule has 0 aromatic heterocycles. The lowest BCUT2D eigenvalue weighted by Gasteiger charge is -2.32. The molecule has 2 amide bonds. The lowest BCUT2D eigenvalue weighted by molar-refractivity contribution is -0.155. The number of esters is 1. The molecule has 2 atom stereocenters. The van der Waals surface area contributed by atoms with Crippen molar-refractivity contribution in [2.24, 2.45) is 22.1 Å². The first-order valence-electron chi connectivity index (χ1n) is 24.1. The summed E-state index contributed by atoms with van der Waals surface area (Å²) in [5.74, 6) is -1.81. The zero-order chi connectivity index (χ0) is 51.6. The molecule has 0 saturated carbocycles. The Morgan fingerprint density at radius 3 is 1.39 bits per heavy atom. The van der Waals surface area contributed by atoms with Gasteiger partial charge in [-0.1, -0.05) is 157 Å². The van der Waals surface area contributed by atoms with Gasteiger partial charge in [0.05, 0.1) is 42.6 Å². The molecule has 5 aromatic rings. The Balaban J connectivity index is 0.000000305. The summed E-state index contributed by atoms with van der Waals surface area (Å²) < 4.78 is 4.99. The number of aryl methyl sites for hydroxylation is 1. The summed E-state index contributed by atoms with van der Waals surface area (Å²) in [5, 5.41) is 36.2. The van der Waals surface area contributed by atoms with Gasteiger partial charge in [0.15, 0.2) is 0 Å². The minimum Gasteiger partial charge on any atom is -0.480 e. The number of benzene rings is 5. The number of aliphatic carboxylic acids is 1. The monoisotopic (exact) mass is 947 g/mol. The number of unbranched alkanes of at least 4 members (excludes halogenated alkanes) is 2. The molecule has 0 unspecified atom stereocenters. The van der Waals surface area contributed by atoms with Gasteiger partial charge in [0.2, 0.25) is 11.8 Å². The maximum Gasteiger partial charge on any atom is 0.328 e. The average Bonchev–Trinajstić information content (AvgIpc) is 3.37. The predicted octanol–water partition coefficient (Wildman–Crippen LogP) is 12.9. The Bertz CT molecular complexity index is 2540. The number of ether oxygens (including phenoxy) is 1. The zero-order valence-electron chi connectivity index (χ0n) is 42.4. The predicted molar refractivity (Wildman–Crippen MR) is 276 cm³/mol. The fraction of sp³-hybridized carbons (Fsp3) is 0.379. The van der Waals surface area contributed by atoms with E-state index in [0.717, 1.165) is 71.3 Å². The third-order valence-corrected chi connectivity index (χ3v) is 11.5. The van der Waals surface area contributed by atoms with Gasteiger partial charge in [-0.05, 0) is 96.2 Å². The van der Waals surface area contributed by atoms with Crippen molar-refractivity contribution in [3.05, 3.63) is 149 Å². The van der Waals surface area contributed by atoms with Crippen molar-refractivity contribution in [2.45, 2.75) is 119 Å². The summed E-state index contributed by atoms with van der Waals surface area (Å²) in [4.78, 5) is 53.1. The number of carbonyl (C=O) groups excluding carboxylic acids is 3. The van der Waals surface area contributed by atoms with Crippen LogP contribution in [0, 0.1) is 41.4 Å². The van der Waals surface area contributed by atoms with Gasteiger partial charge in [-0.25, -0.2) is 9.59 Å². The van der Waals surface area contributed by atoms with E-state index in [1.807, 2.05) is 158 Å². The molecule has 0 fully saturated rings. The molecule has 0 saturated heterocycles. The van der Waals surface area contributed by atoms with Crippen molar-refractivity contribution >= 4 is 29.4 Å². The molecule has 12 nitrogen and oxygen atoms in total. The number of nitrogens with zero attached hydrogens (tertiary/aromatic N) is 6. The number of hydrogen-bond acceptors (Lipinski definition) is 9. The number of rotatable bonds is 20. The molecule has 0 heterocycles. The number of methoxy groups -OCH3 is 1. The Hall–Kier alpha value is -7.44. The Morgan fingerprint density at radius 2 is 1.03 bits per heavy atom. The Morgan fingerprint density at radius 1 is 0.614 bits per heavy atom. The first-order chi connectivity index (χ1) is 33.6. The molecule has 0 radical (unpaired) electrons. The fourth-order valence-corrected chi connectivity index (χ4v) is 7.69. The maximum atomic E-state index is 12.9. The molecule has 5 aromatic carbocycles. The van der Waals surface area contributed by atoms with E-state index in [-0.39, 0.29) is 30.2 Å². The SMILES string of the molecule is CCCCC(=O)N(Cc1ccc(-c2ccccc2C#N)cc1)[C@H](C(=O)O)C(C)C.CCCCC(=O)N(Cc1ccc(-c2ccccc2C#N)cc1)[C@H](C(=O)OC)C(C)C.CCN=Nc1ccc(C)cc1. The largest absolute Gasteiger partial charge is 0.480 e. The van der Waals surface area contributed by atoms with Gasteiger partial charge < -0.3 is 19.6 Å². The molecular formula is C58H70N6O6. The number of nitriles is 2. The molecule has 0 aliphatic rings. The summed E-state index contributed by atoms with van der Waals surface area (Å²) in [5.41, 5.74) is 8.75. The van der Waals surface area contributed by atoms with Crippen LogP contribution >= 0.6 is 0 Å². The van der Waals surface area contributed by atoms with Gasteiger partial charge in [0.1, 0.15) is 12.1 Å². The normalized spacial score (nSPS) is 11.5. The standard InChI is InChI=1S/C25H30N2O3.C24H28N2O3.C9H12N2/c1-5-6-11-23(28)27(24(18(2)3)25(29)30-4)17-19-12-14-20(15-13-19)22-10-8-7-9-21(22)16-26;1-4-5-10-22(27)26(23(17(2)3)24(28)29)16-18-11-13-19(14-12-18)21-9-7-6-8-20(21)15-25;1-3-10-11-9-6-4-8(2)5-7-9/h7-10,12-15,18,24H,5-6,11,17H2,1-4H3;6-9,11-14,17,23H,4-5,10,16H2,1-3H3,(H,28,29);4-7H,3H2,1-2H3/t24-;23-;/m00./s1. The van der Waals surface area contributed by atoms with Crippen LogP contribution in [-0.4, -0.2) is 64.4 Å². The van der Waals surface area contributed by atoms with E-state index in [0.29, 0.717) is 30.5 Å². The van der Waals surface area contributed by atoms with Crippen LogP contribution in [0.25, 0.3) is 22.3 Å². The number of carbonyl (C=O) groups is 4. The second-order valence-electron chi connectivity index (χ2n) is 17.6. The summed E-state index contributed by atoms with van der Waals surface area (Å²) in [6.07, 6.45) is 4.07. The molecule has 70 heavy (non-hydrogen) atoms. The third-order valence-electron chi connectivity index (χ3n) is 11.5. The smallest absolute Gasteiger partial charge is 0.328 e. The molecule has 0 spiro atoms. The molecule has 12 heteroatoms. The molecule has 5 rings (SSSR count). The first kappa shape index (κ1) is 56.9. The number of amides is 2. The molecule has 0 aliphatic carbocycles. The van der Waals surface area contributed by atoms with Gasteiger partial charge >= 0.3 is 11.9 Å². The van der Waals surface area contributed by atoms with Crippen LogP contribution in [0.15, 0.2) is 132 Å². The molecule has 0 aliphatic heterocycles. The van der Waals surface area contributed by atoms with E-state index in [4.69, 9.17) is 4.74 Å². The van der Waals surface area contributed by atoms with E-state index in [1.54, 1.807) is 17.0 Å². The van der Waals surface area contributed by atoms with Crippen molar-refractivity contribution < 1.29 is 29.0 Å². The third kappa shape index (κ3) is 17.6. The van der Waals surface area contributed by atoms with Gasteiger partial charge in [-0.3, -0.25) is 9.59 Å². The van der Waals surface area contributed by atoms with Crippen LogP contribution in [-0.2, 0) is 37.0 Å². The second-order valence-corrected chi connectivity index (χ2v) is 17.6. The molecule has 0 bridgehead atoms. The van der Waals surface area contributed by atoms with Crippen LogP contribution < -0.4 is 0 Å². The van der Waals surface area contributed by atoms with E-state index in [1.165, 1.54) is 17.6 Å². The highest BCUT2D eigenvalue weighted by Gasteiger charge is 2.34. The van der Waals surface area contributed by atoms with Crippen molar-refractivity contribution in [3.63, 3.8) is 0 Å². The number of hydrogen-bond donors (Lipinski definition) is 1. The Labute approximate surface area is 415 Å². The minimum atomic E-state index is -0.982.